The lowest BCUT2D eigenvalue weighted by Gasteiger charge is -2.18. The molecule has 4 heteroatoms. The van der Waals surface area contributed by atoms with E-state index in [4.69, 9.17) is 5.41 Å². The summed E-state index contributed by atoms with van der Waals surface area (Å²) in [6.07, 6.45) is 4.96. The Bertz CT molecular complexity index is 406. The lowest BCUT2D eigenvalue weighted by molar-refractivity contribution is -0.105. The van der Waals surface area contributed by atoms with Crippen LogP contribution in [-0.4, -0.2) is 37.5 Å². The second-order valence-corrected chi connectivity index (χ2v) is 5.88. The maximum Gasteiger partial charge on any atom is 0.147 e. The van der Waals surface area contributed by atoms with E-state index in [-0.39, 0.29) is 0 Å². The van der Waals surface area contributed by atoms with Crippen molar-refractivity contribution in [3.8, 4) is 0 Å². The van der Waals surface area contributed by atoms with Gasteiger partial charge in [-0.3, -0.25) is 4.79 Å². The number of hydrogen-bond donors (Lipinski definition) is 2. The van der Waals surface area contributed by atoms with Gasteiger partial charge in [-0.05, 0) is 37.7 Å². The van der Waals surface area contributed by atoms with Crippen LogP contribution in [0.2, 0.25) is 0 Å². The van der Waals surface area contributed by atoms with Crippen molar-refractivity contribution >= 4 is 12.0 Å². The summed E-state index contributed by atoms with van der Waals surface area (Å²) in [6.45, 7) is 9.33. The molecule has 0 atom stereocenters. The summed E-state index contributed by atoms with van der Waals surface area (Å²) in [5, 5.41) is 11.7. The second kappa shape index (κ2) is 10.2. The Hall–Kier alpha value is -1.58. The number of hydrogen-bond acceptors (Lipinski definition) is 4. The van der Waals surface area contributed by atoms with Crippen molar-refractivity contribution in [1.82, 2.24) is 10.2 Å². The quantitative estimate of drug-likeness (QED) is 0.369. The van der Waals surface area contributed by atoms with Gasteiger partial charge in [0, 0.05) is 43.8 Å². The fraction of sp³-hybridized carbons (Fsp3) is 0.647. The summed E-state index contributed by atoms with van der Waals surface area (Å²) in [7, 11) is 3.79. The highest BCUT2D eigenvalue weighted by molar-refractivity contribution is 5.98. The lowest BCUT2D eigenvalue weighted by Crippen LogP contribution is -2.22. The first kappa shape index (κ1) is 19.4. The predicted molar refractivity (Wildman–Crippen MR) is 90.6 cm³/mol. The van der Waals surface area contributed by atoms with Crippen molar-refractivity contribution in [3.05, 3.63) is 23.0 Å². The molecule has 0 bridgehead atoms. The Morgan fingerprint density at radius 2 is 1.90 bits per heavy atom. The maximum absolute atomic E-state index is 11.0. The Labute approximate surface area is 129 Å². The van der Waals surface area contributed by atoms with Crippen LogP contribution < -0.4 is 5.32 Å². The van der Waals surface area contributed by atoms with E-state index >= 15 is 0 Å². The molecular formula is C17H31N3O. The van der Waals surface area contributed by atoms with Gasteiger partial charge in [-0.25, -0.2) is 0 Å². The molecule has 4 nitrogen and oxygen atoms in total. The van der Waals surface area contributed by atoms with Gasteiger partial charge in [0.05, 0.1) is 0 Å². The van der Waals surface area contributed by atoms with E-state index in [2.05, 4.69) is 26.1 Å². The zero-order valence-corrected chi connectivity index (χ0v) is 14.4. The van der Waals surface area contributed by atoms with Gasteiger partial charge < -0.3 is 15.6 Å². The molecule has 0 rings (SSSR count). The van der Waals surface area contributed by atoms with Gasteiger partial charge in [-0.15, -0.1) is 0 Å². The van der Waals surface area contributed by atoms with Crippen LogP contribution >= 0.6 is 0 Å². The van der Waals surface area contributed by atoms with Gasteiger partial charge in [0.1, 0.15) is 6.29 Å². The number of rotatable bonds is 10. The van der Waals surface area contributed by atoms with Gasteiger partial charge in [0.2, 0.25) is 0 Å². The topological polar surface area (TPSA) is 56.2 Å². The average molecular weight is 293 g/mol. The van der Waals surface area contributed by atoms with Gasteiger partial charge >= 0.3 is 0 Å². The van der Waals surface area contributed by atoms with Crippen LogP contribution in [0.25, 0.3) is 0 Å². The summed E-state index contributed by atoms with van der Waals surface area (Å²) in [5.74, 6) is 0.375. The van der Waals surface area contributed by atoms with Crippen molar-refractivity contribution in [3.63, 3.8) is 0 Å². The highest BCUT2D eigenvalue weighted by Crippen LogP contribution is 2.16. The van der Waals surface area contributed by atoms with Crippen LogP contribution in [0, 0.1) is 11.3 Å². The first-order valence-electron chi connectivity index (χ1n) is 7.68. The van der Waals surface area contributed by atoms with Gasteiger partial charge in [-0.2, -0.15) is 0 Å². The molecule has 0 spiro atoms. The molecule has 0 heterocycles. The zero-order valence-electron chi connectivity index (χ0n) is 14.4. The Balaban J connectivity index is 4.85. The molecule has 2 N–H and O–H groups in total. The van der Waals surface area contributed by atoms with Crippen LogP contribution in [-0.2, 0) is 4.79 Å². The van der Waals surface area contributed by atoms with Crippen molar-refractivity contribution < 1.29 is 4.79 Å². The van der Waals surface area contributed by atoms with Crippen molar-refractivity contribution in [2.75, 3.05) is 20.6 Å². The van der Waals surface area contributed by atoms with E-state index in [1.54, 1.807) is 0 Å². The van der Waals surface area contributed by atoms with Crippen molar-refractivity contribution in [1.29, 1.82) is 5.41 Å². The van der Waals surface area contributed by atoms with E-state index in [1.165, 1.54) is 0 Å². The first-order valence-corrected chi connectivity index (χ1v) is 7.68. The summed E-state index contributed by atoms with van der Waals surface area (Å²) in [4.78, 5) is 12.9. The standard InChI is InChI=1S/C17H31N3O/c1-7-10-19-17(13(2)3)14(4)16(18)9-8-15(12-21)11-20(5)6/h11-13,18-19H,7-10H2,1-6H3/b15-11+,17-14-,18-16?. The number of aldehydes is 1. The monoisotopic (exact) mass is 293 g/mol. The number of allylic oxidation sites excluding steroid dienone is 3. The van der Waals surface area contributed by atoms with Crippen LogP contribution in [0.3, 0.4) is 0 Å². The largest absolute Gasteiger partial charge is 0.388 e. The number of carbonyl (C=O) groups is 1. The highest BCUT2D eigenvalue weighted by Gasteiger charge is 2.11. The molecule has 0 unspecified atom stereocenters. The normalized spacial score (nSPS) is 13.0. The third kappa shape index (κ3) is 7.69. The van der Waals surface area contributed by atoms with E-state index < -0.39 is 0 Å². The van der Waals surface area contributed by atoms with Crippen molar-refractivity contribution in [2.24, 2.45) is 5.92 Å². The van der Waals surface area contributed by atoms with Crippen LogP contribution in [0.4, 0.5) is 0 Å². The Morgan fingerprint density at radius 3 is 2.33 bits per heavy atom. The minimum atomic E-state index is 0.375. The van der Waals surface area contributed by atoms with Crippen LogP contribution in [0.15, 0.2) is 23.0 Å². The summed E-state index contributed by atoms with van der Waals surface area (Å²) in [6, 6.07) is 0. The molecule has 0 saturated heterocycles. The number of carbonyl (C=O) groups excluding carboxylic acids is 1. The maximum atomic E-state index is 11.0. The molecule has 0 radical (unpaired) electrons. The zero-order chi connectivity index (χ0) is 16.4. The summed E-state index contributed by atoms with van der Waals surface area (Å²) >= 11 is 0. The lowest BCUT2D eigenvalue weighted by atomic mass is 9.97. The molecule has 0 amide bonds. The molecule has 0 saturated carbocycles. The summed E-state index contributed by atoms with van der Waals surface area (Å²) in [5.41, 5.74) is 3.48. The van der Waals surface area contributed by atoms with Gasteiger partial charge in [0.25, 0.3) is 0 Å². The molecule has 0 aliphatic heterocycles. The summed E-state index contributed by atoms with van der Waals surface area (Å²) < 4.78 is 0. The molecule has 0 aliphatic rings. The van der Waals surface area contributed by atoms with Crippen LogP contribution in [0.1, 0.15) is 47.0 Å². The fourth-order valence-electron chi connectivity index (χ4n) is 2.13. The molecule has 0 aliphatic carbocycles. The number of nitrogens with one attached hydrogen (secondary N) is 2. The molecule has 21 heavy (non-hydrogen) atoms. The van der Waals surface area contributed by atoms with E-state index in [1.807, 2.05) is 32.1 Å². The van der Waals surface area contributed by atoms with Gasteiger partial charge in [-0.1, -0.05) is 20.8 Å². The van der Waals surface area contributed by atoms with E-state index in [0.29, 0.717) is 24.5 Å². The highest BCUT2D eigenvalue weighted by atomic mass is 16.1. The molecule has 0 aromatic heterocycles. The Kier molecular flexibility index (Phi) is 9.42. The molecule has 0 fully saturated rings. The van der Waals surface area contributed by atoms with E-state index in [0.717, 1.165) is 36.1 Å². The molecule has 0 aromatic rings. The van der Waals surface area contributed by atoms with Crippen molar-refractivity contribution in [2.45, 2.75) is 47.0 Å². The minimum Gasteiger partial charge on any atom is -0.388 e. The third-order valence-corrected chi connectivity index (χ3v) is 3.24. The third-order valence-electron chi connectivity index (χ3n) is 3.24. The van der Waals surface area contributed by atoms with E-state index in [9.17, 15) is 4.79 Å². The number of nitrogens with zero attached hydrogens (tertiary/aromatic N) is 1. The van der Waals surface area contributed by atoms with Gasteiger partial charge in [0.15, 0.2) is 0 Å². The second-order valence-electron chi connectivity index (χ2n) is 5.88. The minimum absolute atomic E-state index is 0.375. The Morgan fingerprint density at radius 1 is 1.29 bits per heavy atom. The molecular weight excluding hydrogens is 262 g/mol. The fourth-order valence-corrected chi connectivity index (χ4v) is 2.13. The SMILES string of the molecule is CCCN/C(=C(/C)C(=N)CC/C(C=O)=C\N(C)C)C(C)C. The molecule has 120 valence electrons. The molecule has 0 aromatic carbocycles. The average Bonchev–Trinajstić information content (AvgIpc) is 2.42. The predicted octanol–water partition coefficient (Wildman–Crippen LogP) is 3.36. The van der Waals surface area contributed by atoms with Crippen LogP contribution in [0.5, 0.6) is 0 Å². The smallest absolute Gasteiger partial charge is 0.147 e. The first-order chi connectivity index (χ1) is 9.83.